The van der Waals surface area contributed by atoms with Gasteiger partial charge in [-0.05, 0) is 13.3 Å². The molecule has 4 N–H and O–H groups in total. The Morgan fingerprint density at radius 2 is 2.15 bits per heavy atom. The van der Waals surface area contributed by atoms with Gasteiger partial charge < -0.3 is 16.0 Å². The molecule has 0 atom stereocenters. The van der Waals surface area contributed by atoms with E-state index >= 15 is 0 Å². The Morgan fingerprint density at radius 3 is 2.54 bits per heavy atom. The molecule has 0 aliphatic rings. The van der Waals surface area contributed by atoms with Crippen LogP contribution in [-0.4, -0.2) is 36.4 Å². The molecule has 0 saturated carbocycles. The van der Waals surface area contributed by atoms with Gasteiger partial charge in [0.05, 0.1) is 6.54 Å². The van der Waals surface area contributed by atoms with Crippen LogP contribution >= 0.6 is 0 Å². The van der Waals surface area contributed by atoms with E-state index in [1.807, 2.05) is 13.8 Å². The molecule has 76 valence electrons. The zero-order valence-corrected chi connectivity index (χ0v) is 8.26. The van der Waals surface area contributed by atoms with Crippen LogP contribution in [-0.2, 0) is 0 Å². The number of nitrogens with two attached hydrogens (primary N) is 1. The maximum atomic E-state index is 11.3. The first-order valence-electron chi connectivity index (χ1n) is 4.47. The first kappa shape index (κ1) is 11.7. The summed E-state index contributed by atoms with van der Waals surface area (Å²) in [6.07, 6.45) is 0.906. The number of carbonyl (C=O) groups is 1. The van der Waals surface area contributed by atoms with Gasteiger partial charge in [0.15, 0.2) is 0 Å². The number of nitrogens with zero attached hydrogens (tertiary/aromatic N) is 1. The second kappa shape index (κ2) is 6.28. The number of hydrogen-bond donors (Lipinski definition) is 3. The minimum Gasteiger partial charge on any atom is -0.386 e. The lowest BCUT2D eigenvalue weighted by molar-refractivity contribution is 0.207. The Balaban J connectivity index is 3.92. The van der Waals surface area contributed by atoms with Crippen molar-refractivity contribution in [1.82, 2.24) is 10.2 Å². The topological polar surface area (TPSA) is 82.2 Å². The van der Waals surface area contributed by atoms with E-state index in [0.717, 1.165) is 6.42 Å². The first-order valence-corrected chi connectivity index (χ1v) is 4.47. The fourth-order valence-electron chi connectivity index (χ4n) is 0.877. The van der Waals surface area contributed by atoms with Crippen molar-refractivity contribution < 1.29 is 4.79 Å². The standard InChI is InChI=1S/C8H18N4O/c1-3-5-11-8(13)12(4-2)6-7(9)10/h3-6H2,1-2H3,(H3,9,10)(H,11,13). The molecule has 0 fully saturated rings. The van der Waals surface area contributed by atoms with Crippen molar-refractivity contribution in [3.63, 3.8) is 0 Å². The highest BCUT2D eigenvalue weighted by Crippen LogP contribution is 1.88. The summed E-state index contributed by atoms with van der Waals surface area (Å²) in [5.41, 5.74) is 5.20. The van der Waals surface area contributed by atoms with Gasteiger partial charge in [-0.2, -0.15) is 0 Å². The Morgan fingerprint density at radius 1 is 1.54 bits per heavy atom. The number of amidine groups is 1. The van der Waals surface area contributed by atoms with Gasteiger partial charge in [-0.25, -0.2) is 4.79 Å². The molecule has 0 bridgehead atoms. The predicted octanol–water partition coefficient (Wildman–Crippen LogP) is 0.364. The highest BCUT2D eigenvalue weighted by molar-refractivity contribution is 5.84. The molecule has 0 aromatic heterocycles. The van der Waals surface area contributed by atoms with E-state index < -0.39 is 0 Å². The van der Waals surface area contributed by atoms with E-state index in [2.05, 4.69) is 5.32 Å². The van der Waals surface area contributed by atoms with Crippen LogP contribution in [0.3, 0.4) is 0 Å². The molecule has 0 saturated heterocycles. The molecule has 13 heavy (non-hydrogen) atoms. The van der Waals surface area contributed by atoms with Gasteiger partial charge in [-0.1, -0.05) is 6.92 Å². The number of urea groups is 1. The number of carbonyl (C=O) groups excluding carboxylic acids is 1. The third-order valence-corrected chi connectivity index (χ3v) is 1.56. The highest BCUT2D eigenvalue weighted by Gasteiger charge is 2.10. The van der Waals surface area contributed by atoms with E-state index in [9.17, 15) is 4.79 Å². The Hall–Kier alpha value is -1.26. The summed E-state index contributed by atoms with van der Waals surface area (Å²) in [6, 6.07) is -0.153. The van der Waals surface area contributed by atoms with Gasteiger partial charge in [0.1, 0.15) is 5.84 Å². The average molecular weight is 186 g/mol. The molecule has 0 rings (SSSR count). The number of likely N-dealkylation sites (N-methyl/N-ethyl adjacent to an activating group) is 1. The van der Waals surface area contributed by atoms with Crippen molar-refractivity contribution in [3.8, 4) is 0 Å². The van der Waals surface area contributed by atoms with Crippen LogP contribution in [0, 0.1) is 5.41 Å². The summed E-state index contributed by atoms with van der Waals surface area (Å²) in [5.74, 6) is 0.00787. The summed E-state index contributed by atoms with van der Waals surface area (Å²) in [6.45, 7) is 5.27. The number of rotatable bonds is 5. The lowest BCUT2D eigenvalue weighted by Crippen LogP contribution is -2.44. The molecule has 0 heterocycles. The maximum absolute atomic E-state index is 11.3. The third-order valence-electron chi connectivity index (χ3n) is 1.56. The molecule has 0 aliphatic heterocycles. The van der Waals surface area contributed by atoms with Crippen molar-refractivity contribution in [2.45, 2.75) is 20.3 Å². The SMILES string of the molecule is CCCNC(=O)N(CC)CC(=N)N. The van der Waals surface area contributed by atoms with Crippen molar-refractivity contribution in [1.29, 1.82) is 5.41 Å². The molecule has 0 aromatic carbocycles. The minimum absolute atomic E-state index is 0.00787. The smallest absolute Gasteiger partial charge is 0.317 e. The predicted molar refractivity (Wildman–Crippen MR) is 52.9 cm³/mol. The monoisotopic (exact) mass is 186 g/mol. The van der Waals surface area contributed by atoms with E-state index in [-0.39, 0.29) is 18.4 Å². The molecule has 5 heteroatoms. The van der Waals surface area contributed by atoms with Crippen LogP contribution in [0.25, 0.3) is 0 Å². The fourth-order valence-corrected chi connectivity index (χ4v) is 0.877. The van der Waals surface area contributed by atoms with Gasteiger partial charge in [0.25, 0.3) is 0 Å². The summed E-state index contributed by atoms with van der Waals surface area (Å²) >= 11 is 0. The molecule has 0 aliphatic carbocycles. The molecule has 2 amide bonds. The van der Waals surface area contributed by atoms with Crippen LogP contribution in [0.4, 0.5) is 4.79 Å². The molecule has 5 nitrogen and oxygen atoms in total. The van der Waals surface area contributed by atoms with Gasteiger partial charge in [-0.3, -0.25) is 5.41 Å². The third kappa shape index (κ3) is 5.05. The molecule has 0 unspecified atom stereocenters. The first-order chi connectivity index (χ1) is 6.11. The van der Waals surface area contributed by atoms with Gasteiger partial charge in [0, 0.05) is 13.1 Å². The lowest BCUT2D eigenvalue weighted by Gasteiger charge is -2.20. The normalized spacial score (nSPS) is 9.38. The van der Waals surface area contributed by atoms with Crippen LogP contribution in [0.5, 0.6) is 0 Å². The van der Waals surface area contributed by atoms with Crippen LogP contribution in [0.15, 0.2) is 0 Å². The van der Waals surface area contributed by atoms with Crippen molar-refractivity contribution in [2.75, 3.05) is 19.6 Å². The van der Waals surface area contributed by atoms with Crippen molar-refractivity contribution in [2.24, 2.45) is 5.73 Å². The largest absolute Gasteiger partial charge is 0.386 e. The van der Waals surface area contributed by atoms with Crippen LogP contribution < -0.4 is 11.1 Å². The number of nitrogens with one attached hydrogen (secondary N) is 2. The number of amides is 2. The lowest BCUT2D eigenvalue weighted by atomic mass is 10.4. The zero-order chi connectivity index (χ0) is 10.3. The highest BCUT2D eigenvalue weighted by atomic mass is 16.2. The molecule has 0 aromatic rings. The molecular weight excluding hydrogens is 168 g/mol. The van der Waals surface area contributed by atoms with E-state index in [4.69, 9.17) is 11.1 Å². The molecule has 0 spiro atoms. The number of hydrogen-bond acceptors (Lipinski definition) is 2. The van der Waals surface area contributed by atoms with Gasteiger partial charge >= 0.3 is 6.03 Å². The van der Waals surface area contributed by atoms with E-state index in [0.29, 0.717) is 13.1 Å². The summed E-state index contributed by atoms with van der Waals surface area (Å²) in [5, 5.41) is 9.78. The summed E-state index contributed by atoms with van der Waals surface area (Å²) in [4.78, 5) is 12.8. The van der Waals surface area contributed by atoms with Gasteiger partial charge in [-0.15, -0.1) is 0 Å². The Labute approximate surface area is 78.8 Å². The van der Waals surface area contributed by atoms with Crippen molar-refractivity contribution >= 4 is 11.9 Å². The van der Waals surface area contributed by atoms with Crippen LogP contribution in [0.2, 0.25) is 0 Å². The summed E-state index contributed by atoms with van der Waals surface area (Å²) in [7, 11) is 0. The quantitative estimate of drug-likeness (QED) is 0.428. The maximum Gasteiger partial charge on any atom is 0.317 e. The molecular formula is C8H18N4O. The summed E-state index contributed by atoms with van der Waals surface area (Å²) < 4.78 is 0. The van der Waals surface area contributed by atoms with Gasteiger partial charge in [0.2, 0.25) is 0 Å². The minimum atomic E-state index is -0.153. The Bertz CT molecular complexity index is 181. The Kier molecular flexibility index (Phi) is 5.67. The van der Waals surface area contributed by atoms with Crippen LogP contribution in [0.1, 0.15) is 20.3 Å². The van der Waals surface area contributed by atoms with E-state index in [1.54, 1.807) is 0 Å². The second-order valence-corrected chi connectivity index (χ2v) is 2.77. The second-order valence-electron chi connectivity index (χ2n) is 2.77. The average Bonchev–Trinajstić information content (AvgIpc) is 2.09. The van der Waals surface area contributed by atoms with E-state index in [1.165, 1.54) is 4.90 Å². The fraction of sp³-hybridized carbons (Fsp3) is 0.750. The molecule has 0 radical (unpaired) electrons. The van der Waals surface area contributed by atoms with Crippen molar-refractivity contribution in [3.05, 3.63) is 0 Å². The zero-order valence-electron chi connectivity index (χ0n) is 8.26.